The number of carbonyl (C=O) groups is 3. The van der Waals surface area contributed by atoms with E-state index in [-0.39, 0.29) is 12.6 Å². The van der Waals surface area contributed by atoms with Crippen LogP contribution in [0.25, 0.3) is 0 Å². The highest BCUT2D eigenvalue weighted by atomic mass is 16.5. The van der Waals surface area contributed by atoms with Crippen LogP contribution < -0.4 is 15.4 Å². The molecule has 2 N–H and O–H groups in total. The van der Waals surface area contributed by atoms with Crippen LogP contribution in [0.1, 0.15) is 43.5 Å². The molecule has 0 bridgehead atoms. The molecule has 2 atom stereocenters. The van der Waals surface area contributed by atoms with Crippen LogP contribution >= 0.6 is 0 Å². The Morgan fingerprint density at radius 3 is 2.44 bits per heavy atom. The third-order valence-electron chi connectivity index (χ3n) is 6.43. The van der Waals surface area contributed by atoms with Crippen LogP contribution in [0.4, 0.5) is 4.79 Å². The van der Waals surface area contributed by atoms with E-state index >= 15 is 0 Å². The first-order valence-electron chi connectivity index (χ1n) is 11.6. The number of hydrogen-bond donors (Lipinski definition) is 2. The Balaban J connectivity index is 1.70. The Hall–Kier alpha value is -3.39. The molecule has 8 heteroatoms. The first-order chi connectivity index (χ1) is 16.2. The van der Waals surface area contributed by atoms with E-state index < -0.39 is 23.4 Å². The van der Waals surface area contributed by atoms with E-state index in [1.165, 1.54) is 0 Å². The van der Waals surface area contributed by atoms with Crippen molar-refractivity contribution < 1.29 is 19.1 Å². The molecule has 0 aliphatic carbocycles. The number of urea groups is 1. The smallest absolute Gasteiger partial charge is 0.325 e. The zero-order valence-electron chi connectivity index (χ0n) is 20.6. The largest absolute Gasteiger partial charge is 0.497 e. The molecule has 0 saturated carbocycles. The summed E-state index contributed by atoms with van der Waals surface area (Å²) < 4.78 is 5.36. The third kappa shape index (κ3) is 5.22. The molecule has 2 aromatic rings. The number of benzene rings is 2. The second kappa shape index (κ2) is 10.7. The van der Waals surface area contributed by atoms with Gasteiger partial charge in [-0.05, 0) is 50.2 Å². The monoisotopic (exact) mass is 466 g/mol. The summed E-state index contributed by atoms with van der Waals surface area (Å²) in [7, 11) is 1.62. The van der Waals surface area contributed by atoms with E-state index in [4.69, 9.17) is 4.74 Å². The lowest BCUT2D eigenvalue weighted by Crippen LogP contribution is -2.45. The van der Waals surface area contributed by atoms with Gasteiger partial charge in [0.2, 0.25) is 5.91 Å². The predicted molar refractivity (Wildman–Crippen MR) is 130 cm³/mol. The molecule has 8 nitrogen and oxygen atoms in total. The van der Waals surface area contributed by atoms with Crippen molar-refractivity contribution in [3.8, 4) is 5.75 Å². The number of aryl methyl sites for hydroxylation is 1. The third-order valence-corrected chi connectivity index (χ3v) is 6.43. The first-order valence-corrected chi connectivity index (χ1v) is 11.6. The summed E-state index contributed by atoms with van der Waals surface area (Å²) in [4.78, 5) is 41.8. The molecule has 1 fully saturated rings. The molecular weight excluding hydrogens is 432 g/mol. The second-order valence-electron chi connectivity index (χ2n) is 8.63. The number of methoxy groups -OCH3 is 1. The Kier molecular flexibility index (Phi) is 7.94. The van der Waals surface area contributed by atoms with Crippen LogP contribution in [0.5, 0.6) is 5.75 Å². The number of amides is 4. The lowest BCUT2D eigenvalue weighted by atomic mass is 9.91. The average molecular weight is 467 g/mol. The molecule has 34 heavy (non-hydrogen) atoms. The maximum absolute atomic E-state index is 13.1. The van der Waals surface area contributed by atoms with Crippen LogP contribution in [0.2, 0.25) is 0 Å². The molecular formula is C26H34N4O4. The Morgan fingerprint density at radius 1 is 1.15 bits per heavy atom. The van der Waals surface area contributed by atoms with Crippen molar-refractivity contribution in [1.82, 2.24) is 20.4 Å². The van der Waals surface area contributed by atoms with Gasteiger partial charge in [0.15, 0.2) is 0 Å². The first kappa shape index (κ1) is 25.2. The minimum Gasteiger partial charge on any atom is -0.497 e. The van der Waals surface area contributed by atoms with Crippen molar-refractivity contribution in [3.05, 3.63) is 65.2 Å². The Morgan fingerprint density at radius 2 is 1.82 bits per heavy atom. The van der Waals surface area contributed by atoms with Crippen molar-refractivity contribution in [2.24, 2.45) is 0 Å². The number of ether oxygens (including phenoxy) is 1. The van der Waals surface area contributed by atoms with Crippen molar-refractivity contribution in [3.63, 3.8) is 0 Å². The molecule has 0 aromatic heterocycles. The van der Waals surface area contributed by atoms with Crippen LogP contribution in [0.3, 0.4) is 0 Å². The number of likely N-dealkylation sites (N-methyl/N-ethyl adjacent to an activating group) is 1. The van der Waals surface area contributed by atoms with Gasteiger partial charge in [-0.2, -0.15) is 0 Å². The quantitative estimate of drug-likeness (QED) is 0.526. The van der Waals surface area contributed by atoms with E-state index in [9.17, 15) is 14.4 Å². The van der Waals surface area contributed by atoms with E-state index in [1.807, 2.05) is 55.5 Å². The summed E-state index contributed by atoms with van der Waals surface area (Å²) in [5.74, 6) is -0.0861. The molecule has 2 aromatic carbocycles. The molecule has 1 saturated heterocycles. The van der Waals surface area contributed by atoms with Gasteiger partial charge in [0.05, 0.1) is 13.2 Å². The molecule has 0 radical (unpaired) electrons. The van der Waals surface area contributed by atoms with Crippen LogP contribution in [-0.2, 0) is 15.1 Å². The molecule has 0 unspecified atom stereocenters. The van der Waals surface area contributed by atoms with E-state index in [1.54, 1.807) is 14.0 Å². The molecule has 1 aliphatic rings. The van der Waals surface area contributed by atoms with Gasteiger partial charge in [-0.1, -0.05) is 55.8 Å². The summed E-state index contributed by atoms with van der Waals surface area (Å²) in [6.45, 7) is 9.35. The number of carbonyl (C=O) groups excluding carboxylic acids is 3. The predicted octanol–water partition coefficient (Wildman–Crippen LogP) is 2.97. The highest BCUT2D eigenvalue weighted by molar-refractivity contribution is 6.09. The van der Waals surface area contributed by atoms with Crippen molar-refractivity contribution >= 4 is 17.8 Å². The molecule has 1 heterocycles. The molecule has 3 rings (SSSR count). The van der Waals surface area contributed by atoms with Crippen LogP contribution in [0.15, 0.2) is 48.5 Å². The average Bonchev–Trinajstić information content (AvgIpc) is 3.05. The normalized spacial score (nSPS) is 18.7. The van der Waals surface area contributed by atoms with Crippen molar-refractivity contribution in [2.75, 3.05) is 33.3 Å². The van der Waals surface area contributed by atoms with E-state index in [0.717, 1.165) is 34.9 Å². The minimum atomic E-state index is -1.20. The highest BCUT2D eigenvalue weighted by Gasteiger charge is 2.49. The van der Waals surface area contributed by atoms with Crippen molar-refractivity contribution in [1.29, 1.82) is 0 Å². The standard InChI is InChI=1S/C26H34N4O4/c1-6-29(7-2)22(19-9-8-10-21(15-19)34-5)16-27-23(31)17-30-24(32)26(4,28-25(30)33)20-13-11-18(3)12-14-20/h8-15,22H,6-7,16-17H2,1-5H3,(H,27,31)(H,28,33)/t22-,26+/m0/s1. The topological polar surface area (TPSA) is 91.0 Å². The van der Waals surface area contributed by atoms with E-state index in [2.05, 4.69) is 29.4 Å². The fraction of sp³-hybridized carbons (Fsp3) is 0.423. The Labute approximate surface area is 201 Å². The number of rotatable bonds is 10. The number of nitrogens with one attached hydrogen (secondary N) is 2. The summed E-state index contributed by atoms with van der Waals surface area (Å²) in [6, 6.07) is 14.5. The van der Waals surface area contributed by atoms with Gasteiger partial charge >= 0.3 is 6.03 Å². The summed E-state index contributed by atoms with van der Waals surface area (Å²) in [6.07, 6.45) is 0. The lowest BCUT2D eigenvalue weighted by Gasteiger charge is -2.30. The fourth-order valence-electron chi connectivity index (χ4n) is 4.30. The zero-order chi connectivity index (χ0) is 24.9. The van der Waals surface area contributed by atoms with E-state index in [0.29, 0.717) is 12.1 Å². The van der Waals surface area contributed by atoms with Crippen molar-refractivity contribution in [2.45, 2.75) is 39.3 Å². The van der Waals surface area contributed by atoms with Crippen LogP contribution in [0, 0.1) is 6.92 Å². The molecule has 1 aliphatic heterocycles. The number of hydrogen-bond acceptors (Lipinski definition) is 5. The van der Waals surface area contributed by atoms with Gasteiger partial charge in [-0.25, -0.2) is 4.79 Å². The maximum atomic E-state index is 13.1. The van der Waals surface area contributed by atoms with Gasteiger partial charge < -0.3 is 15.4 Å². The van der Waals surface area contributed by atoms with Gasteiger partial charge in [0.25, 0.3) is 5.91 Å². The van der Waals surface area contributed by atoms with Gasteiger partial charge in [0.1, 0.15) is 17.8 Å². The maximum Gasteiger partial charge on any atom is 0.325 e. The lowest BCUT2D eigenvalue weighted by molar-refractivity contribution is -0.134. The van der Waals surface area contributed by atoms with Gasteiger partial charge in [-0.15, -0.1) is 0 Å². The SMILES string of the molecule is CCN(CC)[C@@H](CNC(=O)CN1C(=O)N[C@](C)(c2ccc(C)cc2)C1=O)c1cccc(OC)c1. The summed E-state index contributed by atoms with van der Waals surface area (Å²) in [5.41, 5.74) is 1.55. The second-order valence-corrected chi connectivity index (χ2v) is 8.63. The molecule has 0 spiro atoms. The minimum absolute atomic E-state index is 0.0741. The molecule has 182 valence electrons. The Bertz CT molecular complexity index is 1040. The highest BCUT2D eigenvalue weighted by Crippen LogP contribution is 2.29. The van der Waals surface area contributed by atoms with Gasteiger partial charge in [0, 0.05) is 6.54 Å². The number of imide groups is 1. The summed E-state index contributed by atoms with van der Waals surface area (Å²) in [5, 5.41) is 5.66. The fourth-order valence-corrected chi connectivity index (χ4v) is 4.30. The van der Waals surface area contributed by atoms with Gasteiger partial charge in [-0.3, -0.25) is 19.4 Å². The summed E-state index contributed by atoms with van der Waals surface area (Å²) >= 11 is 0. The zero-order valence-corrected chi connectivity index (χ0v) is 20.6. The number of nitrogens with zero attached hydrogens (tertiary/aromatic N) is 2. The van der Waals surface area contributed by atoms with Crippen LogP contribution in [-0.4, -0.2) is 60.9 Å². The molecule has 4 amide bonds.